The molecular formula is C14H7ClN2S. The molecule has 0 N–H and O–H groups in total. The third-order valence-corrected chi connectivity index (χ3v) is 4.61. The number of fused-ring (bicyclic) bond motifs is 5. The van der Waals surface area contributed by atoms with Crippen LogP contribution in [0.2, 0.25) is 5.15 Å². The fourth-order valence-corrected chi connectivity index (χ4v) is 3.67. The molecule has 0 saturated carbocycles. The molecule has 0 atom stereocenters. The zero-order valence-electron chi connectivity index (χ0n) is 9.22. The summed E-state index contributed by atoms with van der Waals surface area (Å²) in [6.45, 7) is 0. The number of benzene rings is 1. The SMILES string of the molecule is Clc1nc2ncccc2c2c1sc1ccccc12. The number of halogens is 1. The lowest BCUT2D eigenvalue weighted by Gasteiger charge is -2.00. The number of hydrogen-bond donors (Lipinski definition) is 0. The minimum Gasteiger partial charge on any atom is -0.237 e. The van der Waals surface area contributed by atoms with Gasteiger partial charge in [-0.3, -0.25) is 0 Å². The second kappa shape index (κ2) is 3.64. The van der Waals surface area contributed by atoms with Crippen LogP contribution in [0.25, 0.3) is 31.2 Å². The Morgan fingerprint density at radius 3 is 2.78 bits per heavy atom. The van der Waals surface area contributed by atoms with Crippen LogP contribution in [0.1, 0.15) is 0 Å². The van der Waals surface area contributed by atoms with Crippen LogP contribution in [-0.2, 0) is 0 Å². The highest BCUT2D eigenvalue weighted by Gasteiger charge is 2.13. The summed E-state index contributed by atoms with van der Waals surface area (Å²) < 4.78 is 2.27. The Morgan fingerprint density at radius 2 is 1.83 bits per heavy atom. The van der Waals surface area contributed by atoms with Crippen molar-refractivity contribution in [2.24, 2.45) is 0 Å². The molecule has 0 unspecified atom stereocenters. The standard InChI is InChI=1S/C14H7ClN2S/c15-13-12-11(8-4-1-2-6-10(8)18-12)9-5-3-7-16-14(9)17-13/h1-7H. The first-order chi connectivity index (χ1) is 8.84. The molecule has 0 spiro atoms. The lowest BCUT2D eigenvalue weighted by molar-refractivity contribution is 1.31. The van der Waals surface area contributed by atoms with Gasteiger partial charge in [-0.2, -0.15) is 0 Å². The number of pyridine rings is 2. The van der Waals surface area contributed by atoms with Crippen LogP contribution in [0, 0.1) is 0 Å². The Hall–Kier alpha value is -1.71. The second-order valence-corrected chi connectivity index (χ2v) is 5.49. The van der Waals surface area contributed by atoms with Crippen molar-refractivity contribution in [1.29, 1.82) is 0 Å². The van der Waals surface area contributed by atoms with Crippen molar-refractivity contribution >= 4 is 54.1 Å². The Balaban J connectivity index is 2.41. The normalized spacial score (nSPS) is 11.6. The number of thiophene rings is 1. The second-order valence-electron chi connectivity index (χ2n) is 4.08. The van der Waals surface area contributed by atoms with Gasteiger partial charge < -0.3 is 0 Å². The molecule has 0 aliphatic rings. The molecule has 0 amide bonds. The van der Waals surface area contributed by atoms with Crippen LogP contribution < -0.4 is 0 Å². The van der Waals surface area contributed by atoms with E-state index in [0.717, 1.165) is 10.1 Å². The quantitative estimate of drug-likeness (QED) is 0.435. The Kier molecular flexibility index (Phi) is 2.07. The maximum Gasteiger partial charge on any atom is 0.161 e. The average molecular weight is 271 g/mol. The van der Waals surface area contributed by atoms with Crippen molar-refractivity contribution in [3.05, 3.63) is 47.7 Å². The third kappa shape index (κ3) is 1.29. The zero-order valence-corrected chi connectivity index (χ0v) is 10.8. The summed E-state index contributed by atoms with van der Waals surface area (Å²) in [4.78, 5) is 8.65. The topological polar surface area (TPSA) is 25.8 Å². The van der Waals surface area contributed by atoms with Crippen LogP contribution >= 0.6 is 22.9 Å². The van der Waals surface area contributed by atoms with E-state index in [4.69, 9.17) is 11.6 Å². The third-order valence-electron chi connectivity index (χ3n) is 3.04. The first-order valence-corrected chi connectivity index (χ1v) is 6.75. The molecule has 3 heterocycles. The molecule has 0 bridgehead atoms. The fraction of sp³-hybridized carbons (Fsp3) is 0. The van der Waals surface area contributed by atoms with Gasteiger partial charge in [-0.25, -0.2) is 9.97 Å². The summed E-state index contributed by atoms with van der Waals surface area (Å²) in [6, 6.07) is 12.3. The zero-order chi connectivity index (χ0) is 12.1. The largest absolute Gasteiger partial charge is 0.237 e. The van der Waals surface area contributed by atoms with Crippen molar-refractivity contribution < 1.29 is 0 Å². The highest BCUT2D eigenvalue weighted by Crippen LogP contribution is 2.40. The summed E-state index contributed by atoms with van der Waals surface area (Å²) in [5.74, 6) is 0. The molecule has 1 aromatic carbocycles. The molecule has 3 aromatic heterocycles. The first kappa shape index (κ1) is 10.2. The van der Waals surface area contributed by atoms with E-state index >= 15 is 0 Å². The van der Waals surface area contributed by atoms with Crippen molar-refractivity contribution in [2.75, 3.05) is 0 Å². The number of aromatic nitrogens is 2. The molecule has 0 fully saturated rings. The van der Waals surface area contributed by atoms with Gasteiger partial charge in [-0.15, -0.1) is 11.3 Å². The van der Waals surface area contributed by atoms with E-state index < -0.39 is 0 Å². The van der Waals surface area contributed by atoms with E-state index in [0.29, 0.717) is 10.8 Å². The van der Waals surface area contributed by atoms with Gasteiger partial charge in [0, 0.05) is 27.1 Å². The van der Waals surface area contributed by atoms with Crippen molar-refractivity contribution in [1.82, 2.24) is 9.97 Å². The monoisotopic (exact) mass is 270 g/mol. The Bertz CT molecular complexity index is 898. The van der Waals surface area contributed by atoms with Gasteiger partial charge in [-0.1, -0.05) is 29.8 Å². The van der Waals surface area contributed by atoms with Gasteiger partial charge in [0.2, 0.25) is 0 Å². The molecule has 4 aromatic rings. The van der Waals surface area contributed by atoms with E-state index in [2.05, 4.69) is 22.1 Å². The molecule has 0 aliphatic carbocycles. The van der Waals surface area contributed by atoms with E-state index in [1.165, 1.54) is 15.5 Å². The maximum atomic E-state index is 6.27. The van der Waals surface area contributed by atoms with Crippen LogP contribution in [0.5, 0.6) is 0 Å². The summed E-state index contributed by atoms with van der Waals surface area (Å²) in [7, 11) is 0. The van der Waals surface area contributed by atoms with Crippen LogP contribution in [0.4, 0.5) is 0 Å². The van der Waals surface area contributed by atoms with Crippen LogP contribution in [0.3, 0.4) is 0 Å². The number of nitrogens with zero attached hydrogens (tertiary/aromatic N) is 2. The highest BCUT2D eigenvalue weighted by molar-refractivity contribution is 7.26. The van der Waals surface area contributed by atoms with E-state index in [1.54, 1.807) is 17.5 Å². The lowest BCUT2D eigenvalue weighted by Crippen LogP contribution is -1.84. The molecular weight excluding hydrogens is 264 g/mol. The summed E-state index contributed by atoms with van der Waals surface area (Å²) in [5.41, 5.74) is 0.707. The molecule has 18 heavy (non-hydrogen) atoms. The predicted octanol–water partition coefficient (Wildman–Crippen LogP) is 4.65. The average Bonchev–Trinajstić information content (AvgIpc) is 2.79. The summed E-state index contributed by atoms with van der Waals surface area (Å²) in [5, 5.41) is 3.99. The van der Waals surface area contributed by atoms with E-state index in [9.17, 15) is 0 Å². The Morgan fingerprint density at radius 1 is 1.00 bits per heavy atom. The predicted molar refractivity (Wildman–Crippen MR) is 77.4 cm³/mol. The van der Waals surface area contributed by atoms with Gasteiger partial charge in [0.25, 0.3) is 0 Å². The molecule has 2 nitrogen and oxygen atoms in total. The maximum absolute atomic E-state index is 6.27. The lowest BCUT2D eigenvalue weighted by atomic mass is 10.1. The highest BCUT2D eigenvalue weighted by atomic mass is 35.5. The summed E-state index contributed by atoms with van der Waals surface area (Å²) in [6.07, 6.45) is 1.74. The van der Waals surface area contributed by atoms with Crippen molar-refractivity contribution in [3.63, 3.8) is 0 Å². The number of hydrogen-bond acceptors (Lipinski definition) is 3. The molecule has 0 aliphatic heterocycles. The smallest absolute Gasteiger partial charge is 0.161 e. The van der Waals surface area contributed by atoms with Gasteiger partial charge in [-0.05, 0) is 18.2 Å². The molecule has 0 radical (unpaired) electrons. The van der Waals surface area contributed by atoms with Gasteiger partial charge in [0.15, 0.2) is 5.65 Å². The van der Waals surface area contributed by atoms with Crippen LogP contribution in [-0.4, -0.2) is 9.97 Å². The molecule has 0 saturated heterocycles. The van der Waals surface area contributed by atoms with Gasteiger partial charge >= 0.3 is 0 Å². The minimum absolute atomic E-state index is 0.539. The minimum atomic E-state index is 0.539. The Labute approximate surface area is 112 Å². The van der Waals surface area contributed by atoms with Gasteiger partial charge in [0.1, 0.15) is 5.15 Å². The number of rotatable bonds is 0. The van der Waals surface area contributed by atoms with E-state index in [-0.39, 0.29) is 0 Å². The van der Waals surface area contributed by atoms with E-state index in [1.807, 2.05) is 24.3 Å². The van der Waals surface area contributed by atoms with Crippen molar-refractivity contribution in [3.8, 4) is 0 Å². The molecule has 4 rings (SSSR count). The van der Waals surface area contributed by atoms with Crippen molar-refractivity contribution in [2.45, 2.75) is 0 Å². The fourth-order valence-electron chi connectivity index (χ4n) is 2.28. The van der Waals surface area contributed by atoms with Crippen LogP contribution in [0.15, 0.2) is 42.6 Å². The first-order valence-electron chi connectivity index (χ1n) is 5.56. The molecule has 86 valence electrons. The summed E-state index contributed by atoms with van der Waals surface area (Å²) >= 11 is 7.95. The molecule has 4 heteroatoms. The van der Waals surface area contributed by atoms with Gasteiger partial charge in [0.05, 0.1) is 4.70 Å².